The summed E-state index contributed by atoms with van der Waals surface area (Å²) in [7, 11) is 3.03. The van der Waals surface area contributed by atoms with Crippen molar-refractivity contribution in [3.63, 3.8) is 0 Å². The van der Waals surface area contributed by atoms with Gasteiger partial charge in [-0.25, -0.2) is 0 Å². The molecule has 0 aliphatic carbocycles. The Labute approximate surface area is 236 Å². The fourth-order valence-corrected chi connectivity index (χ4v) is 5.16. The van der Waals surface area contributed by atoms with Gasteiger partial charge in [0.15, 0.2) is 22.4 Å². The number of rotatable bonds is 8. The van der Waals surface area contributed by atoms with Crippen molar-refractivity contribution >= 4 is 85.1 Å². The molecule has 4 rings (SSSR count). The molecule has 1 aliphatic rings. The van der Waals surface area contributed by atoms with Gasteiger partial charge in [-0.3, -0.25) is 14.5 Å². The van der Waals surface area contributed by atoms with Crippen molar-refractivity contribution in [2.75, 3.05) is 31.0 Å². The third kappa shape index (κ3) is 6.27. The summed E-state index contributed by atoms with van der Waals surface area (Å²) in [6.45, 7) is -0.234. The van der Waals surface area contributed by atoms with Gasteiger partial charge in [0.2, 0.25) is 0 Å². The third-order valence-electron chi connectivity index (χ3n) is 5.18. The zero-order valence-electron chi connectivity index (χ0n) is 19.6. The second-order valence-corrected chi connectivity index (χ2v) is 10.5. The molecule has 0 radical (unpaired) electrons. The van der Waals surface area contributed by atoms with Gasteiger partial charge in [-0.15, -0.1) is 0 Å². The predicted molar refractivity (Wildman–Crippen MR) is 155 cm³/mol. The van der Waals surface area contributed by atoms with Crippen molar-refractivity contribution < 1.29 is 23.8 Å². The molecule has 1 saturated heterocycles. The van der Waals surface area contributed by atoms with Gasteiger partial charge in [-0.2, -0.15) is 0 Å². The molecule has 0 bridgehead atoms. The van der Waals surface area contributed by atoms with Crippen molar-refractivity contribution in [3.8, 4) is 17.2 Å². The Balaban J connectivity index is 1.46. The maximum Gasteiger partial charge on any atom is 0.270 e. The van der Waals surface area contributed by atoms with Crippen molar-refractivity contribution in [2.45, 2.75) is 0 Å². The number of nitrogens with zero attached hydrogens (tertiary/aromatic N) is 1. The van der Waals surface area contributed by atoms with E-state index in [9.17, 15) is 9.59 Å². The number of ether oxygens (including phenoxy) is 3. The van der Waals surface area contributed by atoms with E-state index in [1.807, 2.05) is 6.07 Å². The highest BCUT2D eigenvalue weighted by atomic mass is 79.9. The maximum absolute atomic E-state index is 13.1. The molecule has 0 atom stereocenters. The fraction of sp³-hybridized carbons (Fsp3) is 0.115. The Hall–Kier alpha value is -3.05. The number of hydrogen-bond acceptors (Lipinski definition) is 7. The summed E-state index contributed by atoms with van der Waals surface area (Å²) in [4.78, 5) is 27.4. The van der Waals surface area contributed by atoms with E-state index in [4.69, 9.17) is 38.0 Å². The van der Waals surface area contributed by atoms with Gasteiger partial charge in [0, 0.05) is 4.47 Å². The van der Waals surface area contributed by atoms with Crippen molar-refractivity contribution in [2.24, 2.45) is 0 Å². The van der Waals surface area contributed by atoms with Crippen LogP contribution in [0.15, 0.2) is 70.0 Å². The molecular formula is C26H20BrClN2O5S2. The molecule has 0 unspecified atom stereocenters. The Morgan fingerprint density at radius 2 is 1.84 bits per heavy atom. The highest BCUT2D eigenvalue weighted by Gasteiger charge is 2.33. The summed E-state index contributed by atoms with van der Waals surface area (Å²) in [5.74, 6) is 0.736. The number of carbonyl (C=O) groups is 2. The second-order valence-electron chi connectivity index (χ2n) is 7.56. The summed E-state index contributed by atoms with van der Waals surface area (Å²) >= 11 is 16.2. The molecule has 11 heteroatoms. The molecule has 1 heterocycles. The van der Waals surface area contributed by atoms with Crippen LogP contribution in [0.4, 0.5) is 11.4 Å². The summed E-state index contributed by atoms with van der Waals surface area (Å²) in [6.07, 6.45) is 1.72. The molecule has 3 aromatic carbocycles. The van der Waals surface area contributed by atoms with Crippen LogP contribution < -0.4 is 24.4 Å². The zero-order chi connectivity index (χ0) is 26.5. The van der Waals surface area contributed by atoms with Crippen LogP contribution in [0.1, 0.15) is 5.56 Å². The smallest absolute Gasteiger partial charge is 0.270 e. The second kappa shape index (κ2) is 12.0. The van der Waals surface area contributed by atoms with Crippen LogP contribution in [-0.2, 0) is 9.59 Å². The van der Waals surface area contributed by atoms with E-state index in [2.05, 4.69) is 21.2 Å². The van der Waals surface area contributed by atoms with Crippen molar-refractivity contribution in [3.05, 3.63) is 80.6 Å². The lowest BCUT2D eigenvalue weighted by molar-refractivity contribution is -0.118. The predicted octanol–water partition coefficient (Wildman–Crippen LogP) is 6.54. The molecule has 0 saturated carbocycles. The number of hydrogen-bond donors (Lipinski definition) is 1. The number of thioether (sulfide) groups is 1. The first-order valence-corrected chi connectivity index (χ1v) is 13.2. The Bertz CT molecular complexity index is 1420. The molecule has 0 spiro atoms. The van der Waals surface area contributed by atoms with Gasteiger partial charge < -0.3 is 19.5 Å². The van der Waals surface area contributed by atoms with Crippen LogP contribution in [-0.4, -0.2) is 37.0 Å². The van der Waals surface area contributed by atoms with Crippen LogP contribution >= 0.6 is 51.5 Å². The lowest BCUT2D eigenvalue weighted by Crippen LogP contribution is -2.27. The van der Waals surface area contributed by atoms with Crippen LogP contribution in [0.5, 0.6) is 17.2 Å². The number of nitrogens with one attached hydrogen (secondary N) is 1. The average Bonchev–Trinajstić information content (AvgIpc) is 3.17. The van der Waals surface area contributed by atoms with Gasteiger partial charge in [-0.1, -0.05) is 53.8 Å². The number of amides is 2. The van der Waals surface area contributed by atoms with Crippen molar-refractivity contribution in [1.29, 1.82) is 0 Å². The van der Waals surface area contributed by atoms with E-state index in [0.717, 1.165) is 4.47 Å². The maximum atomic E-state index is 13.1. The van der Waals surface area contributed by atoms with E-state index >= 15 is 0 Å². The molecule has 190 valence electrons. The lowest BCUT2D eigenvalue weighted by atomic mass is 10.2. The number of benzene rings is 3. The number of halogens is 2. The minimum absolute atomic E-state index is 0.234. The Kier molecular flexibility index (Phi) is 8.75. The molecule has 1 N–H and O–H groups in total. The number of carbonyl (C=O) groups excluding carboxylic acids is 2. The first-order valence-electron chi connectivity index (χ1n) is 10.8. The highest BCUT2D eigenvalue weighted by molar-refractivity contribution is 9.10. The van der Waals surface area contributed by atoms with Gasteiger partial charge in [-0.05, 0) is 70.0 Å². The van der Waals surface area contributed by atoms with Gasteiger partial charge in [0.25, 0.3) is 11.8 Å². The molecule has 0 aromatic heterocycles. The molecular weight excluding hydrogens is 600 g/mol. The monoisotopic (exact) mass is 618 g/mol. The van der Waals surface area contributed by atoms with E-state index in [1.54, 1.807) is 60.7 Å². The zero-order valence-corrected chi connectivity index (χ0v) is 23.6. The van der Waals surface area contributed by atoms with Crippen LogP contribution in [0.25, 0.3) is 6.08 Å². The minimum atomic E-state index is -0.354. The van der Waals surface area contributed by atoms with E-state index in [1.165, 1.54) is 30.9 Å². The quantitative estimate of drug-likeness (QED) is 0.227. The van der Waals surface area contributed by atoms with E-state index in [0.29, 0.717) is 48.4 Å². The number of para-hydroxylation sites is 2. The van der Waals surface area contributed by atoms with Gasteiger partial charge >= 0.3 is 0 Å². The SMILES string of the molecule is COc1ccccc1NC(=O)COc1ccc(/C=C2/SC(=S)N(c3ccc(Br)c(Cl)c3)C2=O)cc1OC. The van der Waals surface area contributed by atoms with Crippen molar-refractivity contribution in [1.82, 2.24) is 0 Å². The Morgan fingerprint density at radius 1 is 1.08 bits per heavy atom. The van der Waals surface area contributed by atoms with Gasteiger partial charge in [0.05, 0.1) is 35.5 Å². The first-order chi connectivity index (χ1) is 17.8. The minimum Gasteiger partial charge on any atom is -0.495 e. The fourth-order valence-electron chi connectivity index (χ4n) is 3.44. The Morgan fingerprint density at radius 3 is 2.57 bits per heavy atom. The van der Waals surface area contributed by atoms with Crippen LogP contribution in [0.3, 0.4) is 0 Å². The number of anilines is 2. The molecule has 2 amide bonds. The van der Waals surface area contributed by atoms with Gasteiger partial charge in [0.1, 0.15) is 5.75 Å². The normalized spacial score (nSPS) is 14.2. The average molecular weight is 620 g/mol. The number of methoxy groups -OCH3 is 2. The summed E-state index contributed by atoms with van der Waals surface area (Å²) in [5.41, 5.74) is 1.84. The molecule has 37 heavy (non-hydrogen) atoms. The topological polar surface area (TPSA) is 77.1 Å². The summed E-state index contributed by atoms with van der Waals surface area (Å²) in [6, 6.07) is 17.5. The molecule has 3 aromatic rings. The molecule has 7 nitrogen and oxygen atoms in total. The first kappa shape index (κ1) is 27.0. The van der Waals surface area contributed by atoms with E-state index < -0.39 is 0 Å². The molecule has 1 fully saturated rings. The van der Waals surface area contributed by atoms with E-state index in [-0.39, 0.29) is 18.4 Å². The number of thiocarbonyl (C=S) groups is 1. The summed E-state index contributed by atoms with van der Waals surface area (Å²) in [5, 5.41) is 3.23. The summed E-state index contributed by atoms with van der Waals surface area (Å²) < 4.78 is 17.5. The molecule has 1 aliphatic heterocycles. The van der Waals surface area contributed by atoms with Crippen LogP contribution in [0.2, 0.25) is 5.02 Å². The standard InChI is InChI=1S/C26H20BrClN2O5S2/c1-33-20-6-4-3-5-19(20)29-24(31)14-35-21-10-7-15(11-22(21)34-2)12-23-25(32)30(26(36)37-23)16-8-9-17(27)18(28)13-16/h3-13H,14H2,1-2H3,(H,29,31)/b23-12+. The third-order valence-corrected chi connectivity index (χ3v) is 7.72. The highest BCUT2D eigenvalue weighted by Crippen LogP contribution is 2.39. The lowest BCUT2D eigenvalue weighted by Gasteiger charge is -2.15. The van der Waals surface area contributed by atoms with Crippen LogP contribution in [0, 0.1) is 0 Å². The largest absolute Gasteiger partial charge is 0.495 e.